The van der Waals surface area contributed by atoms with Crippen LogP contribution < -0.4 is 10.6 Å². The molecule has 0 unspecified atom stereocenters. The molecule has 0 aromatic heterocycles. The highest BCUT2D eigenvalue weighted by Crippen LogP contribution is 2.13. The fraction of sp³-hybridized carbons (Fsp3) is 0.500. The van der Waals surface area contributed by atoms with Gasteiger partial charge in [0.2, 0.25) is 0 Å². The standard InChI is InChI=1S/C14H22N2S/c1-4-15-13(17)16-14(2,3)11-10-12-8-6-5-7-9-12/h5-9H,4,10-11H2,1-3H3,(H2,15,16,17). The van der Waals surface area contributed by atoms with Gasteiger partial charge >= 0.3 is 0 Å². The van der Waals surface area contributed by atoms with Gasteiger partial charge in [-0.3, -0.25) is 0 Å². The van der Waals surface area contributed by atoms with Crippen molar-refractivity contribution in [2.75, 3.05) is 6.54 Å². The molecule has 0 aliphatic heterocycles. The molecule has 17 heavy (non-hydrogen) atoms. The summed E-state index contributed by atoms with van der Waals surface area (Å²) >= 11 is 5.21. The Hall–Kier alpha value is -1.09. The van der Waals surface area contributed by atoms with Gasteiger partial charge in [-0.05, 0) is 51.4 Å². The minimum absolute atomic E-state index is 0.0229. The highest BCUT2D eigenvalue weighted by Gasteiger charge is 2.17. The second-order valence-corrected chi connectivity index (χ2v) is 5.26. The zero-order chi connectivity index (χ0) is 12.7. The Morgan fingerprint density at radius 2 is 1.88 bits per heavy atom. The first-order valence-corrected chi connectivity index (χ1v) is 6.54. The summed E-state index contributed by atoms with van der Waals surface area (Å²) in [5.74, 6) is 0. The van der Waals surface area contributed by atoms with Crippen molar-refractivity contribution in [3.8, 4) is 0 Å². The summed E-state index contributed by atoms with van der Waals surface area (Å²) in [5, 5.41) is 7.21. The van der Waals surface area contributed by atoms with E-state index in [0.29, 0.717) is 0 Å². The van der Waals surface area contributed by atoms with Crippen LogP contribution >= 0.6 is 12.2 Å². The molecule has 0 heterocycles. The third-order valence-electron chi connectivity index (χ3n) is 2.67. The van der Waals surface area contributed by atoms with E-state index in [2.05, 4.69) is 48.7 Å². The summed E-state index contributed by atoms with van der Waals surface area (Å²) in [6.07, 6.45) is 2.12. The lowest BCUT2D eigenvalue weighted by Gasteiger charge is -2.28. The van der Waals surface area contributed by atoms with Crippen LogP contribution in [0.2, 0.25) is 0 Å². The first-order chi connectivity index (χ1) is 8.03. The molecule has 1 rings (SSSR count). The van der Waals surface area contributed by atoms with Gasteiger partial charge in [-0.2, -0.15) is 0 Å². The van der Waals surface area contributed by atoms with Gasteiger partial charge in [0.15, 0.2) is 5.11 Å². The van der Waals surface area contributed by atoms with Crippen molar-refractivity contribution in [1.29, 1.82) is 0 Å². The Morgan fingerprint density at radius 1 is 1.24 bits per heavy atom. The zero-order valence-corrected chi connectivity index (χ0v) is 11.7. The smallest absolute Gasteiger partial charge is 0.166 e. The number of thiocarbonyl (C=S) groups is 1. The van der Waals surface area contributed by atoms with Crippen LogP contribution in [0.5, 0.6) is 0 Å². The van der Waals surface area contributed by atoms with E-state index in [1.54, 1.807) is 0 Å². The lowest BCUT2D eigenvalue weighted by atomic mass is 9.95. The van der Waals surface area contributed by atoms with E-state index < -0.39 is 0 Å². The molecule has 0 amide bonds. The highest BCUT2D eigenvalue weighted by atomic mass is 32.1. The molecule has 0 radical (unpaired) electrons. The number of benzene rings is 1. The Kier molecular flexibility index (Phi) is 5.42. The number of rotatable bonds is 5. The van der Waals surface area contributed by atoms with Crippen molar-refractivity contribution in [2.45, 2.75) is 39.2 Å². The summed E-state index contributed by atoms with van der Waals surface area (Å²) in [4.78, 5) is 0. The predicted molar refractivity (Wildman–Crippen MR) is 78.3 cm³/mol. The van der Waals surface area contributed by atoms with Gasteiger partial charge in [-0.25, -0.2) is 0 Å². The molecule has 0 bridgehead atoms. The molecule has 0 aliphatic carbocycles. The van der Waals surface area contributed by atoms with E-state index in [1.165, 1.54) is 5.56 Å². The normalized spacial score (nSPS) is 11.0. The molecule has 0 saturated heterocycles. The Labute approximate surface area is 110 Å². The van der Waals surface area contributed by atoms with Gasteiger partial charge in [0, 0.05) is 12.1 Å². The van der Waals surface area contributed by atoms with Gasteiger partial charge in [-0.1, -0.05) is 30.3 Å². The third-order valence-corrected chi connectivity index (χ3v) is 2.92. The number of nitrogens with one attached hydrogen (secondary N) is 2. The molecule has 0 spiro atoms. The van der Waals surface area contributed by atoms with E-state index >= 15 is 0 Å². The topological polar surface area (TPSA) is 24.1 Å². The molecule has 2 N–H and O–H groups in total. The zero-order valence-electron chi connectivity index (χ0n) is 10.9. The third kappa shape index (κ3) is 5.68. The quantitative estimate of drug-likeness (QED) is 0.786. The lowest BCUT2D eigenvalue weighted by Crippen LogP contribution is -2.48. The van der Waals surface area contributed by atoms with Crippen LogP contribution in [0.25, 0.3) is 0 Å². The highest BCUT2D eigenvalue weighted by molar-refractivity contribution is 7.80. The monoisotopic (exact) mass is 250 g/mol. The van der Waals surface area contributed by atoms with Gasteiger partial charge in [0.25, 0.3) is 0 Å². The molecule has 0 aliphatic rings. The lowest BCUT2D eigenvalue weighted by molar-refractivity contribution is 0.423. The minimum atomic E-state index is 0.0229. The van der Waals surface area contributed by atoms with Gasteiger partial charge < -0.3 is 10.6 Å². The van der Waals surface area contributed by atoms with E-state index in [-0.39, 0.29) is 5.54 Å². The Morgan fingerprint density at radius 3 is 2.47 bits per heavy atom. The molecule has 0 atom stereocenters. The van der Waals surface area contributed by atoms with Crippen LogP contribution in [0.3, 0.4) is 0 Å². The van der Waals surface area contributed by atoms with Crippen LogP contribution in [-0.2, 0) is 6.42 Å². The van der Waals surface area contributed by atoms with Crippen LogP contribution in [-0.4, -0.2) is 17.2 Å². The molecule has 3 heteroatoms. The molecule has 94 valence electrons. The van der Waals surface area contributed by atoms with Gasteiger partial charge in [0.05, 0.1) is 0 Å². The van der Waals surface area contributed by atoms with Gasteiger partial charge in [0.1, 0.15) is 0 Å². The van der Waals surface area contributed by atoms with Gasteiger partial charge in [-0.15, -0.1) is 0 Å². The van der Waals surface area contributed by atoms with Crippen LogP contribution in [0.15, 0.2) is 30.3 Å². The molecular formula is C14H22N2S. The maximum atomic E-state index is 5.21. The summed E-state index contributed by atoms with van der Waals surface area (Å²) in [7, 11) is 0. The molecule has 2 nitrogen and oxygen atoms in total. The number of hydrogen-bond donors (Lipinski definition) is 2. The van der Waals surface area contributed by atoms with E-state index in [9.17, 15) is 0 Å². The van der Waals surface area contributed by atoms with Crippen LogP contribution in [0.1, 0.15) is 32.8 Å². The fourth-order valence-electron chi connectivity index (χ4n) is 1.68. The second-order valence-electron chi connectivity index (χ2n) is 4.85. The first kappa shape index (κ1) is 14.0. The summed E-state index contributed by atoms with van der Waals surface area (Å²) in [5.41, 5.74) is 1.39. The first-order valence-electron chi connectivity index (χ1n) is 6.13. The number of hydrogen-bond acceptors (Lipinski definition) is 1. The average Bonchev–Trinajstić information content (AvgIpc) is 2.27. The molecule has 1 aromatic carbocycles. The predicted octanol–water partition coefficient (Wildman–Crippen LogP) is 2.88. The summed E-state index contributed by atoms with van der Waals surface area (Å²) in [6.45, 7) is 7.27. The van der Waals surface area contributed by atoms with Crippen molar-refractivity contribution in [1.82, 2.24) is 10.6 Å². The Balaban J connectivity index is 2.41. The Bertz CT molecular complexity index is 346. The fourth-order valence-corrected chi connectivity index (χ4v) is 2.10. The second kappa shape index (κ2) is 6.60. The summed E-state index contributed by atoms with van der Waals surface area (Å²) in [6, 6.07) is 10.5. The largest absolute Gasteiger partial charge is 0.363 e. The maximum Gasteiger partial charge on any atom is 0.166 e. The molecular weight excluding hydrogens is 228 g/mol. The van der Waals surface area contributed by atoms with Crippen molar-refractivity contribution in [3.05, 3.63) is 35.9 Å². The molecule has 1 aromatic rings. The number of aryl methyl sites for hydroxylation is 1. The average molecular weight is 250 g/mol. The van der Waals surface area contributed by atoms with E-state index in [1.807, 2.05) is 13.0 Å². The van der Waals surface area contributed by atoms with Crippen molar-refractivity contribution in [3.63, 3.8) is 0 Å². The SMILES string of the molecule is CCNC(=S)NC(C)(C)CCc1ccccc1. The molecule has 0 saturated carbocycles. The van der Waals surface area contributed by atoms with E-state index in [4.69, 9.17) is 12.2 Å². The van der Waals surface area contributed by atoms with Crippen molar-refractivity contribution < 1.29 is 0 Å². The molecule has 0 fully saturated rings. The van der Waals surface area contributed by atoms with E-state index in [0.717, 1.165) is 24.5 Å². The minimum Gasteiger partial charge on any atom is -0.363 e. The van der Waals surface area contributed by atoms with Crippen molar-refractivity contribution >= 4 is 17.3 Å². The van der Waals surface area contributed by atoms with Crippen LogP contribution in [0, 0.1) is 0 Å². The summed E-state index contributed by atoms with van der Waals surface area (Å²) < 4.78 is 0. The maximum absolute atomic E-state index is 5.21. The van der Waals surface area contributed by atoms with Crippen molar-refractivity contribution in [2.24, 2.45) is 0 Å². The van der Waals surface area contributed by atoms with Crippen LogP contribution in [0.4, 0.5) is 0 Å².